The molecule has 0 aliphatic rings. The summed E-state index contributed by atoms with van der Waals surface area (Å²) in [4.78, 5) is 22.4. The summed E-state index contributed by atoms with van der Waals surface area (Å²) in [5.41, 5.74) is 11.4. The van der Waals surface area contributed by atoms with Crippen LogP contribution >= 0.6 is 0 Å². The van der Waals surface area contributed by atoms with Crippen molar-refractivity contribution in [3.63, 3.8) is 0 Å². The Balaban J connectivity index is 2.96. The molecule has 0 aliphatic heterocycles. The molecule has 0 saturated heterocycles. The molecule has 5 N–H and O–H groups in total. The zero-order chi connectivity index (χ0) is 13.7. The Bertz CT molecular complexity index is 419. The number of carbonyl (C=O) groups is 2. The van der Waals surface area contributed by atoms with Gasteiger partial charge in [0.25, 0.3) is 0 Å². The van der Waals surface area contributed by atoms with Gasteiger partial charge in [0.2, 0.25) is 0 Å². The number of carboxylic acids is 1. The van der Waals surface area contributed by atoms with Crippen molar-refractivity contribution >= 4 is 11.9 Å². The summed E-state index contributed by atoms with van der Waals surface area (Å²) in [6.45, 7) is 1.46. The van der Waals surface area contributed by atoms with Crippen molar-refractivity contribution in [3.8, 4) is 0 Å². The molecule has 0 heterocycles. The van der Waals surface area contributed by atoms with Crippen LogP contribution < -0.4 is 11.5 Å². The Labute approximate surface area is 105 Å². The van der Waals surface area contributed by atoms with E-state index in [1.807, 2.05) is 0 Å². The number of nitrogens with two attached hydrogens (primary N) is 2. The van der Waals surface area contributed by atoms with Crippen LogP contribution in [0.15, 0.2) is 30.3 Å². The lowest BCUT2D eigenvalue weighted by atomic mass is 10.0. The van der Waals surface area contributed by atoms with Gasteiger partial charge in [-0.15, -0.1) is 0 Å². The monoisotopic (exact) mass is 252 g/mol. The van der Waals surface area contributed by atoms with Crippen LogP contribution in [0.1, 0.15) is 18.6 Å². The number of hydrogen-bond donors (Lipinski definition) is 3. The number of benzene rings is 1. The van der Waals surface area contributed by atoms with Crippen LogP contribution in [0.25, 0.3) is 0 Å². The molecule has 0 bridgehead atoms. The molecule has 0 fully saturated rings. The van der Waals surface area contributed by atoms with Gasteiger partial charge in [-0.05, 0) is 12.5 Å². The SMILES string of the molecule is C[C@H](N)C(=O)OC(c1ccccc1)[C@H](N)C(=O)O. The van der Waals surface area contributed by atoms with Gasteiger partial charge < -0.3 is 21.3 Å². The molecule has 0 aliphatic carbocycles. The van der Waals surface area contributed by atoms with E-state index in [4.69, 9.17) is 21.3 Å². The molecular weight excluding hydrogens is 236 g/mol. The van der Waals surface area contributed by atoms with E-state index in [9.17, 15) is 9.59 Å². The lowest BCUT2D eigenvalue weighted by molar-refractivity contribution is -0.156. The molecule has 1 unspecified atom stereocenters. The van der Waals surface area contributed by atoms with Gasteiger partial charge in [-0.1, -0.05) is 30.3 Å². The van der Waals surface area contributed by atoms with Gasteiger partial charge in [0.1, 0.15) is 12.1 Å². The Kier molecular flexibility index (Phi) is 4.82. The predicted molar refractivity (Wildman–Crippen MR) is 64.5 cm³/mol. The summed E-state index contributed by atoms with van der Waals surface area (Å²) in [5.74, 6) is -1.94. The lowest BCUT2D eigenvalue weighted by Crippen LogP contribution is -2.41. The predicted octanol–water partition coefficient (Wildman–Crippen LogP) is 0.0300. The molecule has 0 saturated carbocycles. The van der Waals surface area contributed by atoms with E-state index in [1.54, 1.807) is 30.3 Å². The topological polar surface area (TPSA) is 116 Å². The van der Waals surface area contributed by atoms with Crippen LogP contribution in [0.5, 0.6) is 0 Å². The van der Waals surface area contributed by atoms with Gasteiger partial charge in [0.15, 0.2) is 6.10 Å². The largest absolute Gasteiger partial charge is 0.480 e. The second kappa shape index (κ2) is 6.13. The number of ether oxygens (including phenoxy) is 1. The highest BCUT2D eigenvalue weighted by atomic mass is 16.5. The first-order valence-corrected chi connectivity index (χ1v) is 5.43. The van der Waals surface area contributed by atoms with E-state index in [-0.39, 0.29) is 0 Å². The Hall–Kier alpha value is -1.92. The van der Waals surface area contributed by atoms with E-state index in [1.165, 1.54) is 6.92 Å². The van der Waals surface area contributed by atoms with Gasteiger partial charge in [0, 0.05) is 0 Å². The average molecular weight is 252 g/mol. The summed E-state index contributed by atoms with van der Waals surface area (Å²) in [6.07, 6.45) is -1.05. The van der Waals surface area contributed by atoms with Crippen molar-refractivity contribution in [2.24, 2.45) is 11.5 Å². The molecule has 1 aromatic rings. The molecule has 6 nitrogen and oxygen atoms in total. The number of aliphatic carboxylic acids is 1. The Morgan fingerprint density at radius 1 is 1.22 bits per heavy atom. The van der Waals surface area contributed by atoms with Crippen LogP contribution in [0.2, 0.25) is 0 Å². The normalized spacial score (nSPS) is 15.5. The van der Waals surface area contributed by atoms with E-state index in [0.717, 1.165) is 0 Å². The van der Waals surface area contributed by atoms with Gasteiger partial charge in [-0.2, -0.15) is 0 Å². The van der Waals surface area contributed by atoms with Crippen molar-refractivity contribution < 1.29 is 19.4 Å². The fourth-order valence-electron chi connectivity index (χ4n) is 1.35. The fourth-order valence-corrected chi connectivity index (χ4v) is 1.35. The van der Waals surface area contributed by atoms with Gasteiger partial charge >= 0.3 is 11.9 Å². The minimum absolute atomic E-state index is 0.515. The van der Waals surface area contributed by atoms with Crippen LogP contribution in [0.4, 0.5) is 0 Å². The third-order valence-corrected chi connectivity index (χ3v) is 2.35. The minimum atomic E-state index is -1.34. The first-order valence-electron chi connectivity index (χ1n) is 5.43. The molecule has 1 rings (SSSR count). The third-order valence-electron chi connectivity index (χ3n) is 2.35. The minimum Gasteiger partial charge on any atom is -0.480 e. The van der Waals surface area contributed by atoms with Crippen molar-refractivity contribution in [1.29, 1.82) is 0 Å². The molecule has 18 heavy (non-hydrogen) atoms. The zero-order valence-electron chi connectivity index (χ0n) is 9.95. The third kappa shape index (κ3) is 3.54. The highest BCUT2D eigenvalue weighted by Crippen LogP contribution is 2.21. The second-order valence-corrected chi connectivity index (χ2v) is 3.92. The smallest absolute Gasteiger partial charge is 0.324 e. The lowest BCUT2D eigenvalue weighted by Gasteiger charge is -2.22. The van der Waals surface area contributed by atoms with Gasteiger partial charge in [-0.3, -0.25) is 9.59 Å². The zero-order valence-corrected chi connectivity index (χ0v) is 9.95. The Morgan fingerprint density at radius 3 is 2.22 bits per heavy atom. The quantitative estimate of drug-likeness (QED) is 0.637. The van der Waals surface area contributed by atoms with Crippen molar-refractivity contribution in [1.82, 2.24) is 0 Å². The maximum atomic E-state index is 11.5. The molecule has 6 heteroatoms. The summed E-state index contributed by atoms with van der Waals surface area (Å²) >= 11 is 0. The van der Waals surface area contributed by atoms with Crippen molar-refractivity contribution in [2.75, 3.05) is 0 Å². The van der Waals surface area contributed by atoms with Crippen LogP contribution in [0, 0.1) is 0 Å². The number of esters is 1. The highest BCUT2D eigenvalue weighted by molar-refractivity contribution is 5.78. The van der Waals surface area contributed by atoms with Crippen molar-refractivity contribution in [3.05, 3.63) is 35.9 Å². The standard InChI is InChI=1S/C12H16N2O4/c1-7(13)12(17)18-10(9(14)11(15)16)8-5-3-2-4-6-8/h2-7,9-10H,13-14H2,1H3,(H,15,16)/t7-,9-,10?/m0/s1. The molecule has 0 spiro atoms. The molecular formula is C12H16N2O4. The van der Waals surface area contributed by atoms with Crippen LogP contribution in [0.3, 0.4) is 0 Å². The Morgan fingerprint density at radius 2 is 1.78 bits per heavy atom. The molecule has 0 aromatic heterocycles. The molecule has 3 atom stereocenters. The van der Waals surface area contributed by atoms with Gasteiger partial charge in [-0.25, -0.2) is 0 Å². The fraction of sp³-hybridized carbons (Fsp3) is 0.333. The summed E-state index contributed by atoms with van der Waals surface area (Å²) in [7, 11) is 0. The molecule has 0 amide bonds. The van der Waals surface area contributed by atoms with E-state index in [0.29, 0.717) is 5.56 Å². The van der Waals surface area contributed by atoms with E-state index >= 15 is 0 Å². The summed E-state index contributed by atoms with van der Waals surface area (Å²) in [5, 5.41) is 8.92. The number of hydrogen-bond acceptors (Lipinski definition) is 5. The number of rotatable bonds is 5. The first kappa shape index (κ1) is 14.1. The van der Waals surface area contributed by atoms with E-state index in [2.05, 4.69) is 0 Å². The second-order valence-electron chi connectivity index (χ2n) is 3.92. The maximum Gasteiger partial charge on any atom is 0.324 e. The number of carboxylic acid groups (broad SMARTS) is 1. The van der Waals surface area contributed by atoms with E-state index < -0.39 is 30.1 Å². The summed E-state index contributed by atoms with van der Waals surface area (Å²) in [6, 6.07) is 6.28. The average Bonchev–Trinajstić information content (AvgIpc) is 2.35. The highest BCUT2D eigenvalue weighted by Gasteiger charge is 2.30. The molecule has 0 radical (unpaired) electrons. The molecule has 98 valence electrons. The molecule has 1 aromatic carbocycles. The summed E-state index contributed by atoms with van der Waals surface area (Å²) < 4.78 is 5.05. The maximum absolute atomic E-state index is 11.5. The van der Waals surface area contributed by atoms with Crippen LogP contribution in [-0.2, 0) is 14.3 Å². The number of carbonyl (C=O) groups excluding carboxylic acids is 1. The van der Waals surface area contributed by atoms with Crippen LogP contribution in [-0.4, -0.2) is 29.1 Å². The first-order chi connectivity index (χ1) is 8.43. The van der Waals surface area contributed by atoms with Gasteiger partial charge in [0.05, 0.1) is 0 Å². The van der Waals surface area contributed by atoms with Crippen molar-refractivity contribution in [2.45, 2.75) is 25.1 Å².